The molecule has 0 aliphatic rings. The molecule has 3 rings (SSSR count). The Morgan fingerprint density at radius 3 is 1.97 bits per heavy atom. The van der Waals surface area contributed by atoms with Gasteiger partial charge in [-0.2, -0.15) is 0 Å². The van der Waals surface area contributed by atoms with Gasteiger partial charge in [-0.15, -0.1) is 0 Å². The highest BCUT2D eigenvalue weighted by Gasteiger charge is 2.24. The molecule has 0 fully saturated rings. The monoisotopic (exact) mass is 390 g/mol. The van der Waals surface area contributed by atoms with Crippen LogP contribution < -0.4 is 0 Å². The third kappa shape index (κ3) is 4.52. The molecule has 0 saturated carbocycles. The van der Waals surface area contributed by atoms with Crippen molar-refractivity contribution in [3.05, 3.63) is 94.0 Å². The minimum absolute atomic E-state index is 0.00111. The summed E-state index contributed by atoms with van der Waals surface area (Å²) in [5.74, 6) is -0.574. The Bertz CT molecular complexity index is 968. The van der Waals surface area contributed by atoms with Gasteiger partial charge in [0.1, 0.15) is 24.1 Å². The third-order valence-corrected chi connectivity index (χ3v) is 4.88. The van der Waals surface area contributed by atoms with Crippen LogP contribution in [0.3, 0.4) is 0 Å². The normalized spacial score (nSPS) is 10.8. The summed E-state index contributed by atoms with van der Waals surface area (Å²) in [6.45, 7) is 0.561. The molecule has 5 nitrogen and oxygen atoms in total. The van der Waals surface area contributed by atoms with E-state index in [2.05, 4.69) is 0 Å². The molecule has 0 unspecified atom stereocenters. The van der Waals surface area contributed by atoms with E-state index in [1.165, 1.54) is 24.3 Å². The van der Waals surface area contributed by atoms with Gasteiger partial charge in [0.2, 0.25) is 0 Å². The first-order valence-corrected chi connectivity index (χ1v) is 9.21. The van der Waals surface area contributed by atoms with Crippen LogP contribution >= 0.6 is 0 Å². The highest BCUT2D eigenvalue weighted by Crippen LogP contribution is 2.41. The number of phenolic OH excluding ortho intramolecular Hbond substituents is 2. The van der Waals surface area contributed by atoms with Gasteiger partial charge >= 0.3 is 0 Å². The summed E-state index contributed by atoms with van der Waals surface area (Å²) >= 11 is 0. The van der Waals surface area contributed by atoms with E-state index in [9.17, 15) is 19.8 Å². The van der Waals surface area contributed by atoms with Gasteiger partial charge in [-0.05, 0) is 53.9 Å². The lowest BCUT2D eigenvalue weighted by atomic mass is 9.82. The molecule has 3 aromatic carbocycles. The van der Waals surface area contributed by atoms with Crippen LogP contribution in [0.2, 0.25) is 0 Å². The van der Waals surface area contributed by atoms with Gasteiger partial charge in [-0.3, -0.25) is 9.59 Å². The number of hydrogen-bond acceptors (Lipinski definition) is 5. The first kappa shape index (κ1) is 20.3. The summed E-state index contributed by atoms with van der Waals surface area (Å²) in [5.41, 5.74) is 3.60. The van der Waals surface area contributed by atoms with E-state index in [4.69, 9.17) is 4.74 Å². The SMILES string of the molecule is COCCc1cccc(C(c2cc(C=O)ccc2O)c2cc(C=O)ccc2O)c1. The second kappa shape index (κ2) is 9.17. The number of carbonyl (C=O) groups excluding carboxylic acids is 2. The second-order valence-corrected chi connectivity index (χ2v) is 6.79. The number of ether oxygens (including phenoxy) is 1. The lowest BCUT2D eigenvalue weighted by Gasteiger charge is -2.22. The van der Waals surface area contributed by atoms with Crippen molar-refractivity contribution in [2.24, 2.45) is 0 Å². The van der Waals surface area contributed by atoms with E-state index in [0.29, 0.717) is 47.9 Å². The van der Waals surface area contributed by atoms with E-state index < -0.39 is 5.92 Å². The lowest BCUT2D eigenvalue weighted by molar-refractivity contribution is 0.111. The maximum absolute atomic E-state index is 11.3. The summed E-state index contributed by atoms with van der Waals surface area (Å²) in [7, 11) is 1.64. The van der Waals surface area contributed by atoms with Crippen LogP contribution in [-0.4, -0.2) is 36.5 Å². The summed E-state index contributed by atoms with van der Waals surface area (Å²) in [5, 5.41) is 21.1. The molecule has 0 spiro atoms. The fraction of sp³-hybridized carbons (Fsp3) is 0.167. The molecule has 0 saturated heterocycles. The molecule has 0 atom stereocenters. The number of benzene rings is 3. The Labute approximate surface area is 169 Å². The average Bonchev–Trinajstić information content (AvgIpc) is 2.75. The van der Waals surface area contributed by atoms with Crippen molar-refractivity contribution in [3.63, 3.8) is 0 Å². The molecule has 0 amide bonds. The van der Waals surface area contributed by atoms with Gasteiger partial charge < -0.3 is 14.9 Å². The maximum Gasteiger partial charge on any atom is 0.150 e. The first-order chi connectivity index (χ1) is 14.1. The smallest absolute Gasteiger partial charge is 0.150 e. The van der Waals surface area contributed by atoms with Crippen molar-refractivity contribution < 1.29 is 24.5 Å². The van der Waals surface area contributed by atoms with E-state index in [1.54, 1.807) is 19.2 Å². The first-order valence-electron chi connectivity index (χ1n) is 9.21. The number of hydrogen-bond donors (Lipinski definition) is 2. The number of methoxy groups -OCH3 is 1. The Morgan fingerprint density at radius 1 is 0.862 bits per heavy atom. The topological polar surface area (TPSA) is 83.8 Å². The number of phenols is 2. The number of aromatic hydroxyl groups is 2. The van der Waals surface area contributed by atoms with Crippen molar-refractivity contribution in [1.82, 2.24) is 0 Å². The fourth-order valence-electron chi connectivity index (χ4n) is 3.43. The van der Waals surface area contributed by atoms with Crippen molar-refractivity contribution in [3.8, 4) is 11.5 Å². The summed E-state index contributed by atoms with van der Waals surface area (Å²) in [6, 6.07) is 16.9. The molecule has 0 aliphatic heterocycles. The van der Waals surface area contributed by atoms with Crippen LogP contribution in [-0.2, 0) is 11.2 Å². The van der Waals surface area contributed by atoms with Gasteiger partial charge in [0.05, 0.1) is 6.61 Å². The Morgan fingerprint density at radius 2 is 1.45 bits per heavy atom. The van der Waals surface area contributed by atoms with E-state index >= 15 is 0 Å². The summed E-state index contributed by atoms with van der Waals surface area (Å²) < 4.78 is 5.16. The van der Waals surface area contributed by atoms with Crippen molar-refractivity contribution >= 4 is 12.6 Å². The molecule has 0 radical (unpaired) electrons. The second-order valence-electron chi connectivity index (χ2n) is 6.79. The molecule has 0 aromatic heterocycles. The van der Waals surface area contributed by atoms with E-state index in [0.717, 1.165) is 11.1 Å². The largest absolute Gasteiger partial charge is 0.508 e. The average molecular weight is 390 g/mol. The zero-order chi connectivity index (χ0) is 20.8. The lowest BCUT2D eigenvalue weighted by Crippen LogP contribution is -2.07. The van der Waals surface area contributed by atoms with E-state index in [-0.39, 0.29) is 11.5 Å². The Kier molecular flexibility index (Phi) is 6.42. The summed E-state index contributed by atoms with van der Waals surface area (Å²) in [4.78, 5) is 22.6. The molecular formula is C24H22O5. The van der Waals surface area contributed by atoms with Crippen LogP contribution in [0.25, 0.3) is 0 Å². The number of rotatable bonds is 8. The zero-order valence-electron chi connectivity index (χ0n) is 16.0. The summed E-state index contributed by atoms with van der Waals surface area (Å²) in [6.07, 6.45) is 2.12. The molecule has 0 heterocycles. The zero-order valence-corrected chi connectivity index (χ0v) is 16.0. The fourth-order valence-corrected chi connectivity index (χ4v) is 3.43. The quantitative estimate of drug-likeness (QED) is 0.447. The predicted molar refractivity (Wildman–Crippen MR) is 110 cm³/mol. The molecule has 3 aromatic rings. The molecule has 2 N–H and O–H groups in total. The van der Waals surface area contributed by atoms with Crippen molar-refractivity contribution in [1.29, 1.82) is 0 Å². The molecular weight excluding hydrogens is 368 g/mol. The number of carbonyl (C=O) groups is 2. The molecule has 29 heavy (non-hydrogen) atoms. The predicted octanol–water partition coefficient (Wildman–Crippen LogP) is 4.09. The minimum Gasteiger partial charge on any atom is -0.508 e. The molecule has 5 heteroatoms. The van der Waals surface area contributed by atoms with Gasteiger partial charge in [0, 0.05) is 35.3 Å². The van der Waals surface area contributed by atoms with Gasteiger partial charge in [0.15, 0.2) is 0 Å². The standard InChI is InChI=1S/C24H22O5/c1-29-10-9-16-3-2-4-19(11-16)24(20-12-17(14-25)5-7-22(20)27)21-13-18(15-26)6-8-23(21)28/h2-8,11-15,24,27-28H,9-10H2,1H3. The van der Waals surface area contributed by atoms with Crippen LogP contribution in [0.4, 0.5) is 0 Å². The van der Waals surface area contributed by atoms with Crippen molar-refractivity contribution in [2.75, 3.05) is 13.7 Å². The molecule has 0 bridgehead atoms. The van der Waals surface area contributed by atoms with Gasteiger partial charge in [-0.25, -0.2) is 0 Å². The molecule has 0 aliphatic carbocycles. The van der Waals surface area contributed by atoms with Gasteiger partial charge in [0.25, 0.3) is 0 Å². The van der Waals surface area contributed by atoms with E-state index in [1.807, 2.05) is 24.3 Å². The highest BCUT2D eigenvalue weighted by molar-refractivity contribution is 5.77. The highest BCUT2D eigenvalue weighted by atomic mass is 16.5. The van der Waals surface area contributed by atoms with Gasteiger partial charge in [-0.1, -0.05) is 24.3 Å². The maximum atomic E-state index is 11.3. The van der Waals surface area contributed by atoms with Crippen LogP contribution in [0, 0.1) is 0 Å². The van der Waals surface area contributed by atoms with Crippen LogP contribution in [0.1, 0.15) is 48.9 Å². The Balaban J connectivity index is 2.23. The Hall–Kier alpha value is -3.44. The van der Waals surface area contributed by atoms with Crippen molar-refractivity contribution in [2.45, 2.75) is 12.3 Å². The van der Waals surface area contributed by atoms with Crippen LogP contribution in [0.5, 0.6) is 11.5 Å². The third-order valence-electron chi connectivity index (χ3n) is 4.88. The number of aldehydes is 2. The molecule has 148 valence electrons. The van der Waals surface area contributed by atoms with Crippen LogP contribution in [0.15, 0.2) is 60.7 Å². The minimum atomic E-state index is -0.572.